The summed E-state index contributed by atoms with van der Waals surface area (Å²) < 4.78 is 5.76. The number of hydrogen-bond donors (Lipinski definition) is 0. The number of hydrogen-bond acceptors (Lipinski definition) is 5. The SMILES string of the molecule is O=C(COc1ccc([C@@H]2CC(c3ccccc3)=NN2C(=O)c2cccs2)cc1)N1CCCCC1. The van der Waals surface area contributed by atoms with Crippen LogP contribution in [0.4, 0.5) is 0 Å². The summed E-state index contributed by atoms with van der Waals surface area (Å²) in [5.41, 5.74) is 2.89. The Balaban J connectivity index is 1.31. The fraction of sp³-hybridized carbons (Fsp3) is 0.296. The molecule has 6 nitrogen and oxygen atoms in total. The topological polar surface area (TPSA) is 62.2 Å². The zero-order valence-electron chi connectivity index (χ0n) is 18.9. The van der Waals surface area contributed by atoms with E-state index in [1.807, 2.05) is 77.0 Å². The third-order valence-electron chi connectivity index (χ3n) is 6.29. The first-order valence-corrected chi connectivity index (χ1v) is 12.6. The number of piperidine rings is 1. The largest absolute Gasteiger partial charge is 0.484 e. The molecule has 34 heavy (non-hydrogen) atoms. The molecule has 0 unspecified atom stereocenters. The molecule has 1 atom stereocenters. The van der Waals surface area contributed by atoms with Crippen molar-refractivity contribution in [2.45, 2.75) is 31.7 Å². The van der Waals surface area contributed by atoms with Crippen molar-refractivity contribution in [3.05, 3.63) is 88.1 Å². The molecule has 0 N–H and O–H groups in total. The van der Waals surface area contributed by atoms with Gasteiger partial charge in [0.1, 0.15) is 5.75 Å². The minimum absolute atomic E-state index is 0.0354. The van der Waals surface area contributed by atoms with E-state index in [1.54, 1.807) is 5.01 Å². The van der Waals surface area contributed by atoms with Gasteiger partial charge in [0, 0.05) is 19.5 Å². The number of rotatable bonds is 6. The van der Waals surface area contributed by atoms with Gasteiger partial charge in [-0.25, -0.2) is 5.01 Å². The smallest absolute Gasteiger partial charge is 0.284 e. The Kier molecular flexibility index (Phi) is 6.72. The molecule has 3 heterocycles. The molecule has 1 aromatic heterocycles. The predicted octanol–water partition coefficient (Wildman–Crippen LogP) is 5.13. The zero-order chi connectivity index (χ0) is 23.3. The Morgan fingerprint density at radius 1 is 0.941 bits per heavy atom. The van der Waals surface area contributed by atoms with Gasteiger partial charge in [0.05, 0.1) is 16.6 Å². The number of thiophene rings is 1. The van der Waals surface area contributed by atoms with E-state index < -0.39 is 0 Å². The van der Waals surface area contributed by atoms with E-state index in [1.165, 1.54) is 17.8 Å². The second-order valence-electron chi connectivity index (χ2n) is 8.56. The van der Waals surface area contributed by atoms with Crippen LogP contribution in [0.15, 0.2) is 77.2 Å². The van der Waals surface area contributed by atoms with E-state index >= 15 is 0 Å². The number of amides is 2. The van der Waals surface area contributed by atoms with Crippen LogP contribution in [0.5, 0.6) is 5.75 Å². The van der Waals surface area contributed by atoms with E-state index in [0.717, 1.165) is 42.8 Å². The highest BCUT2D eigenvalue weighted by Gasteiger charge is 2.34. The highest BCUT2D eigenvalue weighted by molar-refractivity contribution is 7.12. The summed E-state index contributed by atoms with van der Waals surface area (Å²) in [5, 5.41) is 8.23. The zero-order valence-corrected chi connectivity index (χ0v) is 19.7. The highest BCUT2D eigenvalue weighted by atomic mass is 32.1. The van der Waals surface area contributed by atoms with Crippen LogP contribution in [0.2, 0.25) is 0 Å². The second kappa shape index (κ2) is 10.2. The summed E-state index contributed by atoms with van der Waals surface area (Å²) in [4.78, 5) is 28.2. The van der Waals surface area contributed by atoms with Crippen molar-refractivity contribution in [3.63, 3.8) is 0 Å². The lowest BCUT2D eigenvalue weighted by molar-refractivity contribution is -0.134. The number of likely N-dealkylation sites (tertiary alicyclic amines) is 1. The fourth-order valence-corrected chi connectivity index (χ4v) is 5.10. The molecular formula is C27H27N3O3S. The van der Waals surface area contributed by atoms with Crippen LogP contribution in [0.3, 0.4) is 0 Å². The number of carbonyl (C=O) groups excluding carboxylic acids is 2. The maximum atomic E-state index is 13.2. The lowest BCUT2D eigenvalue weighted by Gasteiger charge is -2.26. The van der Waals surface area contributed by atoms with Crippen molar-refractivity contribution >= 4 is 28.9 Å². The van der Waals surface area contributed by atoms with Crippen LogP contribution in [0.1, 0.15) is 52.5 Å². The van der Waals surface area contributed by atoms with Gasteiger partial charge in [-0.1, -0.05) is 48.5 Å². The molecule has 1 fully saturated rings. The number of benzene rings is 2. The molecule has 0 bridgehead atoms. The van der Waals surface area contributed by atoms with Crippen molar-refractivity contribution in [2.24, 2.45) is 5.10 Å². The van der Waals surface area contributed by atoms with Crippen molar-refractivity contribution in [1.82, 2.24) is 9.91 Å². The first kappa shape index (κ1) is 22.3. The van der Waals surface area contributed by atoms with Gasteiger partial charge in [0.2, 0.25) is 0 Å². The Hall–Kier alpha value is -3.45. The van der Waals surface area contributed by atoms with E-state index in [4.69, 9.17) is 9.84 Å². The van der Waals surface area contributed by atoms with Crippen LogP contribution >= 0.6 is 11.3 Å². The van der Waals surface area contributed by atoms with Gasteiger partial charge >= 0.3 is 0 Å². The molecular weight excluding hydrogens is 446 g/mol. The summed E-state index contributed by atoms with van der Waals surface area (Å²) in [6, 6.07) is 21.1. The molecule has 3 aromatic rings. The van der Waals surface area contributed by atoms with Crippen LogP contribution < -0.4 is 4.74 Å². The maximum Gasteiger partial charge on any atom is 0.284 e. The minimum Gasteiger partial charge on any atom is -0.484 e. The van der Waals surface area contributed by atoms with Gasteiger partial charge in [-0.15, -0.1) is 11.3 Å². The molecule has 1 saturated heterocycles. The molecule has 0 saturated carbocycles. The summed E-state index contributed by atoms with van der Waals surface area (Å²) in [7, 11) is 0. The number of nitrogens with zero attached hydrogens (tertiary/aromatic N) is 3. The Labute approximate surface area is 203 Å². The van der Waals surface area contributed by atoms with Gasteiger partial charge in [0.25, 0.3) is 11.8 Å². The lowest BCUT2D eigenvalue weighted by Crippen LogP contribution is -2.38. The quantitative estimate of drug-likeness (QED) is 0.499. The molecule has 0 radical (unpaired) electrons. The predicted molar refractivity (Wildman–Crippen MR) is 133 cm³/mol. The molecule has 174 valence electrons. The normalized spacial score (nSPS) is 18.0. The van der Waals surface area contributed by atoms with E-state index in [0.29, 0.717) is 17.0 Å². The van der Waals surface area contributed by atoms with Crippen molar-refractivity contribution in [2.75, 3.05) is 19.7 Å². The number of carbonyl (C=O) groups is 2. The van der Waals surface area contributed by atoms with E-state index in [9.17, 15) is 9.59 Å². The summed E-state index contributed by atoms with van der Waals surface area (Å²) in [6.45, 7) is 1.69. The average Bonchev–Trinajstić information content (AvgIpc) is 3.59. The van der Waals surface area contributed by atoms with Crippen molar-refractivity contribution in [3.8, 4) is 5.75 Å². The van der Waals surface area contributed by atoms with Crippen LogP contribution in [-0.4, -0.2) is 47.1 Å². The molecule has 0 spiro atoms. The Bertz CT molecular complexity index is 1150. The van der Waals surface area contributed by atoms with Gasteiger partial charge < -0.3 is 9.64 Å². The average molecular weight is 474 g/mol. The van der Waals surface area contributed by atoms with E-state index in [2.05, 4.69) is 0 Å². The Morgan fingerprint density at radius 2 is 1.71 bits per heavy atom. The molecule has 2 amide bonds. The van der Waals surface area contributed by atoms with E-state index in [-0.39, 0.29) is 24.5 Å². The highest BCUT2D eigenvalue weighted by Crippen LogP contribution is 2.35. The fourth-order valence-electron chi connectivity index (χ4n) is 4.44. The third-order valence-corrected chi connectivity index (χ3v) is 7.15. The minimum atomic E-state index is -0.200. The van der Waals surface area contributed by atoms with Crippen molar-refractivity contribution < 1.29 is 14.3 Å². The summed E-state index contributed by atoms with van der Waals surface area (Å²) in [6.07, 6.45) is 3.95. The van der Waals surface area contributed by atoms with Gasteiger partial charge in [-0.2, -0.15) is 5.10 Å². The standard InChI is InChI=1S/C27H27N3O3S/c31-26(29-15-5-2-6-16-29)19-33-22-13-11-21(12-14-22)24-18-23(20-8-3-1-4-9-20)28-30(24)27(32)25-10-7-17-34-25/h1,3-4,7-14,17,24H,2,5-6,15-16,18-19H2/t24-/m0/s1. The second-order valence-corrected chi connectivity index (χ2v) is 9.51. The molecule has 2 aliphatic heterocycles. The van der Waals surface area contributed by atoms with Crippen LogP contribution in [0, 0.1) is 0 Å². The first-order chi connectivity index (χ1) is 16.7. The van der Waals surface area contributed by atoms with Gasteiger partial charge in [-0.05, 0) is 54.0 Å². The number of hydrazone groups is 1. The molecule has 2 aliphatic rings. The third kappa shape index (κ3) is 4.89. The van der Waals surface area contributed by atoms with Crippen LogP contribution in [-0.2, 0) is 4.79 Å². The first-order valence-electron chi connectivity index (χ1n) is 11.7. The summed E-state index contributed by atoms with van der Waals surface area (Å²) in [5.74, 6) is 0.582. The molecule has 7 heteroatoms. The molecule has 0 aliphatic carbocycles. The van der Waals surface area contributed by atoms with Crippen molar-refractivity contribution in [1.29, 1.82) is 0 Å². The lowest BCUT2D eigenvalue weighted by atomic mass is 9.98. The monoisotopic (exact) mass is 473 g/mol. The maximum absolute atomic E-state index is 13.2. The Morgan fingerprint density at radius 3 is 2.41 bits per heavy atom. The van der Waals surface area contributed by atoms with Gasteiger partial charge in [-0.3, -0.25) is 9.59 Å². The molecule has 2 aromatic carbocycles. The van der Waals surface area contributed by atoms with Gasteiger partial charge in [0.15, 0.2) is 6.61 Å². The number of ether oxygens (including phenoxy) is 1. The molecule has 5 rings (SSSR count). The summed E-state index contributed by atoms with van der Waals surface area (Å²) >= 11 is 1.42. The van der Waals surface area contributed by atoms with Crippen LogP contribution in [0.25, 0.3) is 0 Å².